The molecule has 0 aliphatic carbocycles. The summed E-state index contributed by atoms with van der Waals surface area (Å²) in [5.41, 5.74) is -0.657. The van der Waals surface area contributed by atoms with E-state index in [1.165, 1.54) is 4.90 Å². The second-order valence-corrected chi connectivity index (χ2v) is 10.2. The van der Waals surface area contributed by atoms with Crippen LogP contribution in [-0.4, -0.2) is 34.1 Å². The monoisotopic (exact) mass is 467 g/mol. The van der Waals surface area contributed by atoms with Crippen molar-refractivity contribution in [2.75, 3.05) is 4.90 Å². The molecular formula is C26H33N3O5. The van der Waals surface area contributed by atoms with Gasteiger partial charge in [0.1, 0.15) is 11.6 Å². The molecule has 2 aromatic rings. The van der Waals surface area contributed by atoms with Crippen LogP contribution in [0.25, 0.3) is 0 Å². The smallest absolute Gasteiger partial charge is 0.408 e. The first-order chi connectivity index (χ1) is 15.9. The molecular weight excluding hydrogens is 434 g/mol. The lowest BCUT2D eigenvalue weighted by molar-refractivity contribution is -0.557. The molecule has 3 rings (SSSR count). The Kier molecular flexibility index (Phi) is 7.29. The number of carbonyl (C=O) groups excluding carboxylic acids is 2. The number of carbonyl (C=O) groups is 2. The summed E-state index contributed by atoms with van der Waals surface area (Å²) in [5.74, 6) is -0.647. The van der Waals surface area contributed by atoms with Crippen molar-refractivity contribution in [1.29, 1.82) is 0 Å². The van der Waals surface area contributed by atoms with Gasteiger partial charge in [-0.05, 0) is 50.3 Å². The molecule has 8 heteroatoms. The quantitative estimate of drug-likeness (QED) is 0.468. The highest BCUT2D eigenvalue weighted by atomic mass is 16.6. The number of fused-ring (bicyclic) bond motifs is 1. The van der Waals surface area contributed by atoms with E-state index < -0.39 is 34.1 Å². The van der Waals surface area contributed by atoms with Crippen molar-refractivity contribution in [3.63, 3.8) is 0 Å². The fraction of sp³-hybridized carbons (Fsp3) is 0.462. The number of para-hydroxylation sites is 1. The van der Waals surface area contributed by atoms with Crippen LogP contribution in [0.2, 0.25) is 0 Å². The number of ether oxygens (including phenoxy) is 1. The van der Waals surface area contributed by atoms with Gasteiger partial charge in [0.2, 0.25) is 0 Å². The van der Waals surface area contributed by atoms with E-state index in [9.17, 15) is 19.7 Å². The third-order valence-electron chi connectivity index (χ3n) is 5.84. The highest BCUT2D eigenvalue weighted by Crippen LogP contribution is 2.39. The zero-order valence-electron chi connectivity index (χ0n) is 20.4. The van der Waals surface area contributed by atoms with Gasteiger partial charge in [-0.15, -0.1) is 0 Å². The van der Waals surface area contributed by atoms with Crippen molar-refractivity contribution in [3.05, 3.63) is 75.8 Å². The third kappa shape index (κ3) is 5.38. The summed E-state index contributed by atoms with van der Waals surface area (Å²) < 4.78 is 5.39. The van der Waals surface area contributed by atoms with E-state index in [-0.39, 0.29) is 25.3 Å². The Morgan fingerprint density at radius 3 is 2.35 bits per heavy atom. The maximum Gasteiger partial charge on any atom is 0.408 e. The molecule has 0 spiro atoms. The van der Waals surface area contributed by atoms with Crippen molar-refractivity contribution in [3.8, 4) is 0 Å². The normalized spacial score (nSPS) is 18.9. The molecule has 0 saturated carbocycles. The lowest BCUT2D eigenvalue weighted by Crippen LogP contribution is -2.69. The predicted molar refractivity (Wildman–Crippen MR) is 130 cm³/mol. The maximum atomic E-state index is 14.0. The van der Waals surface area contributed by atoms with Crippen LogP contribution in [0.1, 0.15) is 52.2 Å². The molecule has 1 aliphatic rings. The van der Waals surface area contributed by atoms with E-state index in [2.05, 4.69) is 5.32 Å². The van der Waals surface area contributed by atoms with Gasteiger partial charge >= 0.3 is 17.5 Å². The van der Waals surface area contributed by atoms with Crippen molar-refractivity contribution in [2.45, 2.75) is 71.2 Å². The van der Waals surface area contributed by atoms with Gasteiger partial charge in [0.25, 0.3) is 0 Å². The van der Waals surface area contributed by atoms with Gasteiger partial charge in [0, 0.05) is 10.6 Å². The topological polar surface area (TPSA) is 102 Å². The van der Waals surface area contributed by atoms with E-state index in [0.717, 1.165) is 5.56 Å². The molecule has 0 radical (unpaired) electrons. The van der Waals surface area contributed by atoms with Gasteiger partial charge in [-0.2, -0.15) is 0 Å². The molecule has 0 fully saturated rings. The number of alkyl carbamates (subject to hydrolysis) is 1. The van der Waals surface area contributed by atoms with Crippen molar-refractivity contribution >= 4 is 17.7 Å². The molecule has 1 aliphatic heterocycles. The van der Waals surface area contributed by atoms with Gasteiger partial charge in [-0.1, -0.05) is 62.4 Å². The van der Waals surface area contributed by atoms with Crippen molar-refractivity contribution in [1.82, 2.24) is 5.32 Å². The largest absolute Gasteiger partial charge is 0.444 e. The molecule has 1 heterocycles. The number of nitrogens with zero attached hydrogens (tertiary/aromatic N) is 2. The number of amides is 2. The number of hydrogen-bond acceptors (Lipinski definition) is 5. The number of anilines is 1. The summed E-state index contributed by atoms with van der Waals surface area (Å²) in [7, 11) is 0. The zero-order valence-corrected chi connectivity index (χ0v) is 20.4. The Bertz CT molecular complexity index is 1050. The first-order valence-corrected chi connectivity index (χ1v) is 11.5. The Morgan fingerprint density at radius 1 is 1.15 bits per heavy atom. The minimum Gasteiger partial charge on any atom is -0.444 e. The van der Waals surface area contributed by atoms with E-state index in [4.69, 9.17) is 4.74 Å². The summed E-state index contributed by atoms with van der Waals surface area (Å²) >= 11 is 0. The Balaban J connectivity index is 2.10. The van der Waals surface area contributed by atoms with E-state index in [1.54, 1.807) is 39.0 Å². The Morgan fingerprint density at radius 2 is 1.76 bits per heavy atom. The molecule has 0 saturated heterocycles. The second kappa shape index (κ2) is 9.83. The van der Waals surface area contributed by atoms with Crippen LogP contribution >= 0.6 is 0 Å². The predicted octanol–water partition coefficient (Wildman–Crippen LogP) is 4.73. The van der Waals surface area contributed by atoms with E-state index >= 15 is 0 Å². The highest BCUT2D eigenvalue weighted by molar-refractivity contribution is 6.03. The molecule has 2 atom stereocenters. The maximum absolute atomic E-state index is 14.0. The van der Waals surface area contributed by atoms with Gasteiger partial charge < -0.3 is 15.0 Å². The Labute approximate surface area is 200 Å². The summed E-state index contributed by atoms with van der Waals surface area (Å²) in [6.07, 6.45) is -0.651. The van der Waals surface area contributed by atoms with Crippen LogP contribution < -0.4 is 10.2 Å². The fourth-order valence-corrected chi connectivity index (χ4v) is 4.39. The Hall–Kier alpha value is -3.42. The average Bonchev–Trinajstić information content (AvgIpc) is 2.74. The molecule has 8 nitrogen and oxygen atoms in total. The zero-order chi connectivity index (χ0) is 25.1. The lowest BCUT2D eigenvalue weighted by Gasteiger charge is -2.41. The minimum atomic E-state index is -2.07. The van der Waals surface area contributed by atoms with E-state index in [0.29, 0.717) is 11.3 Å². The fourth-order valence-electron chi connectivity index (χ4n) is 4.39. The van der Waals surface area contributed by atoms with E-state index in [1.807, 2.05) is 50.2 Å². The van der Waals surface area contributed by atoms with Crippen LogP contribution in [0.15, 0.2) is 54.6 Å². The SMILES string of the molecule is CC(C)C[C@H](NC(=O)OC(C)(C)C)[C@@]1([N+](=O)[O-])Cc2ccccc2N(Cc2ccccc2)C1=O. The number of benzene rings is 2. The number of hydrogen-bond donors (Lipinski definition) is 1. The minimum absolute atomic E-state index is 0.00990. The van der Waals surface area contributed by atoms with Gasteiger partial charge in [-0.25, -0.2) is 4.79 Å². The number of nitrogens with one attached hydrogen (secondary N) is 1. The van der Waals surface area contributed by atoms with Crippen molar-refractivity contribution < 1.29 is 19.2 Å². The van der Waals surface area contributed by atoms with Crippen molar-refractivity contribution in [2.24, 2.45) is 5.92 Å². The molecule has 1 N–H and O–H groups in total. The highest BCUT2D eigenvalue weighted by Gasteiger charge is 2.62. The number of rotatable bonds is 7. The third-order valence-corrected chi connectivity index (χ3v) is 5.84. The summed E-state index contributed by atoms with van der Waals surface area (Å²) in [6.45, 7) is 9.15. The van der Waals surface area contributed by atoms with Crippen LogP contribution in [0.4, 0.5) is 10.5 Å². The van der Waals surface area contributed by atoms with Crippen LogP contribution in [0.5, 0.6) is 0 Å². The lowest BCUT2D eigenvalue weighted by atomic mass is 9.76. The van der Waals surface area contributed by atoms with Gasteiger partial charge in [0.05, 0.1) is 13.0 Å². The summed E-state index contributed by atoms with van der Waals surface area (Å²) in [4.78, 5) is 40.4. The summed E-state index contributed by atoms with van der Waals surface area (Å²) in [5, 5.41) is 15.4. The van der Waals surface area contributed by atoms with Gasteiger partial charge in [0.15, 0.2) is 0 Å². The van der Waals surface area contributed by atoms with Crippen LogP contribution in [0.3, 0.4) is 0 Å². The molecule has 0 aromatic heterocycles. The second-order valence-electron chi connectivity index (χ2n) is 10.2. The standard InChI is InChI=1S/C26H33N3O5/c1-18(2)15-22(27-24(31)34-25(3,4)5)26(29(32)33)16-20-13-9-10-14-21(20)28(23(26)30)17-19-11-7-6-8-12-19/h6-14,18,22H,15-17H2,1-5H3,(H,27,31)/t22-,26-/m0/s1. The summed E-state index contributed by atoms with van der Waals surface area (Å²) in [6, 6.07) is 15.5. The van der Waals surface area contributed by atoms with Gasteiger partial charge in [-0.3, -0.25) is 14.9 Å². The number of nitro groups is 1. The first kappa shape index (κ1) is 25.2. The molecule has 2 amide bonds. The molecule has 2 aromatic carbocycles. The molecule has 0 bridgehead atoms. The molecule has 182 valence electrons. The first-order valence-electron chi connectivity index (χ1n) is 11.5. The molecule has 34 heavy (non-hydrogen) atoms. The van der Waals surface area contributed by atoms with Crippen LogP contribution in [0, 0.1) is 16.0 Å². The molecule has 0 unspecified atom stereocenters. The average molecular weight is 468 g/mol. The van der Waals surface area contributed by atoms with Crippen LogP contribution in [-0.2, 0) is 22.5 Å².